The molecule has 6 nitrogen and oxygen atoms in total. The maximum atomic E-state index is 12.2. The fraction of sp³-hybridized carbons (Fsp3) is 0.357. The van der Waals surface area contributed by atoms with Crippen molar-refractivity contribution in [2.45, 2.75) is 24.8 Å². The number of benzene rings is 1. The van der Waals surface area contributed by atoms with Crippen LogP contribution in [0.15, 0.2) is 47.6 Å². The van der Waals surface area contributed by atoms with Crippen molar-refractivity contribution in [3.63, 3.8) is 0 Å². The van der Waals surface area contributed by atoms with Gasteiger partial charge in [0.2, 0.25) is 0 Å². The Kier molecular flexibility index (Phi) is 5.35. The molecule has 0 saturated heterocycles. The van der Waals surface area contributed by atoms with E-state index in [1.54, 1.807) is 35.1 Å². The van der Waals surface area contributed by atoms with Gasteiger partial charge in [-0.3, -0.25) is 9.40 Å². The summed E-state index contributed by atoms with van der Waals surface area (Å²) in [5, 5.41) is 7.32. The highest BCUT2D eigenvalue weighted by molar-refractivity contribution is 7.92. The molecule has 0 aliphatic heterocycles. The highest BCUT2D eigenvalue weighted by Gasteiger charge is 2.16. The fourth-order valence-electron chi connectivity index (χ4n) is 1.82. The van der Waals surface area contributed by atoms with E-state index in [-0.39, 0.29) is 4.90 Å². The number of para-hydroxylation sites is 1. The lowest BCUT2D eigenvalue weighted by Gasteiger charge is -2.05. The minimum absolute atomic E-state index is 0.168. The van der Waals surface area contributed by atoms with Crippen molar-refractivity contribution in [1.82, 2.24) is 15.1 Å². The van der Waals surface area contributed by atoms with Crippen LogP contribution in [0.3, 0.4) is 0 Å². The van der Waals surface area contributed by atoms with Crippen LogP contribution >= 0.6 is 0 Å². The number of nitrogens with one attached hydrogen (secondary N) is 2. The number of hydrogen-bond donors (Lipinski definition) is 2. The van der Waals surface area contributed by atoms with Gasteiger partial charge in [-0.05, 0) is 25.1 Å². The molecule has 7 heteroatoms. The second-order valence-corrected chi connectivity index (χ2v) is 6.34. The molecule has 0 spiro atoms. The van der Waals surface area contributed by atoms with Crippen LogP contribution in [-0.2, 0) is 16.6 Å². The SMILES string of the molecule is CCCNCCn1cc(S(=O)(=O)Nc2ccccc2)cn1. The molecule has 0 amide bonds. The summed E-state index contributed by atoms with van der Waals surface area (Å²) < 4.78 is 28.6. The van der Waals surface area contributed by atoms with Crippen LogP contribution in [-0.4, -0.2) is 31.3 Å². The number of sulfonamides is 1. The molecule has 0 radical (unpaired) electrons. The zero-order valence-corrected chi connectivity index (χ0v) is 12.8. The van der Waals surface area contributed by atoms with Gasteiger partial charge in [0.1, 0.15) is 4.90 Å². The predicted molar refractivity (Wildman–Crippen MR) is 82.6 cm³/mol. The van der Waals surface area contributed by atoms with Crippen molar-refractivity contribution in [2.75, 3.05) is 17.8 Å². The van der Waals surface area contributed by atoms with Crippen LogP contribution in [0.4, 0.5) is 5.69 Å². The lowest BCUT2D eigenvalue weighted by Crippen LogP contribution is -2.20. The first-order valence-electron chi connectivity index (χ1n) is 6.93. The quantitative estimate of drug-likeness (QED) is 0.728. The van der Waals surface area contributed by atoms with Gasteiger partial charge in [0.25, 0.3) is 10.0 Å². The Labute approximate surface area is 125 Å². The Balaban J connectivity index is 1.99. The largest absolute Gasteiger partial charge is 0.315 e. The molecule has 2 N–H and O–H groups in total. The summed E-state index contributed by atoms with van der Waals surface area (Å²) in [5.74, 6) is 0. The molecule has 0 atom stereocenters. The number of anilines is 1. The van der Waals surface area contributed by atoms with E-state index in [1.165, 1.54) is 6.20 Å². The molecule has 0 aliphatic carbocycles. The van der Waals surface area contributed by atoms with Crippen LogP contribution in [0.2, 0.25) is 0 Å². The standard InChI is InChI=1S/C14H20N4O2S/c1-2-8-15-9-10-18-12-14(11-16-18)21(19,20)17-13-6-4-3-5-7-13/h3-7,11-12,15,17H,2,8-10H2,1H3. The average Bonchev–Trinajstić information content (AvgIpc) is 2.94. The van der Waals surface area contributed by atoms with Crippen LogP contribution in [0.5, 0.6) is 0 Å². The van der Waals surface area contributed by atoms with Gasteiger partial charge in [-0.2, -0.15) is 5.10 Å². The van der Waals surface area contributed by atoms with Gasteiger partial charge in [0.15, 0.2) is 0 Å². The van der Waals surface area contributed by atoms with Crippen LogP contribution < -0.4 is 10.0 Å². The second-order valence-electron chi connectivity index (χ2n) is 4.66. The summed E-state index contributed by atoms with van der Waals surface area (Å²) in [6.45, 7) is 4.45. The average molecular weight is 308 g/mol. The van der Waals surface area contributed by atoms with E-state index in [2.05, 4.69) is 22.1 Å². The van der Waals surface area contributed by atoms with Gasteiger partial charge in [-0.25, -0.2) is 8.42 Å². The third-order valence-corrected chi connectivity index (χ3v) is 4.23. The third kappa shape index (κ3) is 4.57. The number of aromatic nitrogens is 2. The lowest BCUT2D eigenvalue weighted by molar-refractivity contribution is 0.552. The zero-order valence-electron chi connectivity index (χ0n) is 12.0. The van der Waals surface area contributed by atoms with Gasteiger partial charge < -0.3 is 5.32 Å². The minimum atomic E-state index is -3.58. The maximum Gasteiger partial charge on any atom is 0.265 e. The molecule has 2 aromatic rings. The van der Waals surface area contributed by atoms with Crippen LogP contribution in [0.25, 0.3) is 0 Å². The molecule has 2 rings (SSSR count). The fourth-order valence-corrected chi connectivity index (χ4v) is 2.83. The molecular weight excluding hydrogens is 288 g/mol. The van der Waals surface area contributed by atoms with Crippen molar-refractivity contribution in [3.05, 3.63) is 42.7 Å². The zero-order chi connectivity index (χ0) is 15.1. The first-order valence-corrected chi connectivity index (χ1v) is 8.41. The van der Waals surface area contributed by atoms with Crippen molar-refractivity contribution < 1.29 is 8.42 Å². The van der Waals surface area contributed by atoms with E-state index in [0.717, 1.165) is 19.5 Å². The molecule has 114 valence electrons. The Morgan fingerprint density at radius 3 is 2.67 bits per heavy atom. The third-order valence-electron chi connectivity index (χ3n) is 2.89. The van der Waals surface area contributed by atoms with Crippen molar-refractivity contribution in [1.29, 1.82) is 0 Å². The summed E-state index contributed by atoms with van der Waals surface area (Å²) in [6.07, 6.45) is 3.98. The Morgan fingerprint density at radius 2 is 1.95 bits per heavy atom. The summed E-state index contributed by atoms with van der Waals surface area (Å²) in [5.41, 5.74) is 0.537. The number of nitrogens with zero attached hydrogens (tertiary/aromatic N) is 2. The summed E-state index contributed by atoms with van der Waals surface area (Å²) in [6, 6.07) is 8.80. The Bertz CT molecular complexity index is 653. The van der Waals surface area contributed by atoms with Crippen LogP contribution in [0.1, 0.15) is 13.3 Å². The van der Waals surface area contributed by atoms with Gasteiger partial charge in [0, 0.05) is 18.4 Å². The highest BCUT2D eigenvalue weighted by atomic mass is 32.2. The van der Waals surface area contributed by atoms with Crippen molar-refractivity contribution in [3.8, 4) is 0 Å². The van der Waals surface area contributed by atoms with Gasteiger partial charge in [0.05, 0.1) is 12.7 Å². The Hall–Kier alpha value is -1.86. The molecule has 21 heavy (non-hydrogen) atoms. The van der Waals surface area contributed by atoms with Gasteiger partial charge in [-0.15, -0.1) is 0 Å². The van der Waals surface area contributed by atoms with E-state index < -0.39 is 10.0 Å². The summed E-state index contributed by atoms with van der Waals surface area (Å²) in [7, 11) is -3.58. The van der Waals surface area contributed by atoms with Crippen LogP contribution in [0, 0.1) is 0 Å². The van der Waals surface area contributed by atoms with E-state index in [1.807, 2.05) is 6.07 Å². The molecule has 0 bridgehead atoms. The van der Waals surface area contributed by atoms with Gasteiger partial charge in [-0.1, -0.05) is 25.1 Å². The molecule has 0 saturated carbocycles. The minimum Gasteiger partial charge on any atom is -0.315 e. The second kappa shape index (κ2) is 7.24. The number of rotatable bonds is 8. The smallest absolute Gasteiger partial charge is 0.265 e. The van der Waals surface area contributed by atoms with E-state index >= 15 is 0 Å². The summed E-state index contributed by atoms with van der Waals surface area (Å²) in [4.78, 5) is 0.168. The highest BCUT2D eigenvalue weighted by Crippen LogP contribution is 2.14. The van der Waals surface area contributed by atoms with Gasteiger partial charge >= 0.3 is 0 Å². The lowest BCUT2D eigenvalue weighted by atomic mass is 10.3. The first kappa shape index (κ1) is 15.5. The molecule has 0 fully saturated rings. The summed E-state index contributed by atoms with van der Waals surface area (Å²) >= 11 is 0. The molecule has 1 aromatic carbocycles. The molecule has 1 aromatic heterocycles. The van der Waals surface area contributed by atoms with Crippen molar-refractivity contribution >= 4 is 15.7 Å². The predicted octanol–water partition coefficient (Wildman–Crippen LogP) is 1.68. The van der Waals surface area contributed by atoms with E-state index in [4.69, 9.17) is 0 Å². The molecule has 1 heterocycles. The molecule has 0 unspecified atom stereocenters. The first-order chi connectivity index (χ1) is 10.1. The molecular formula is C14H20N4O2S. The normalized spacial score (nSPS) is 11.5. The Morgan fingerprint density at radius 1 is 1.19 bits per heavy atom. The van der Waals surface area contributed by atoms with Crippen molar-refractivity contribution in [2.24, 2.45) is 0 Å². The molecule has 0 aliphatic rings. The maximum absolute atomic E-state index is 12.2. The van der Waals surface area contributed by atoms with E-state index in [9.17, 15) is 8.42 Å². The number of hydrogen-bond acceptors (Lipinski definition) is 4. The topological polar surface area (TPSA) is 76.0 Å². The van der Waals surface area contributed by atoms with E-state index in [0.29, 0.717) is 12.2 Å². The monoisotopic (exact) mass is 308 g/mol.